The van der Waals surface area contributed by atoms with Gasteiger partial charge in [0.05, 0.1) is 5.54 Å². The molecule has 5 heteroatoms. The van der Waals surface area contributed by atoms with Crippen LogP contribution in [0.25, 0.3) is 6.08 Å². The van der Waals surface area contributed by atoms with Crippen LogP contribution in [0.2, 0.25) is 5.54 Å². The normalized spacial score (nSPS) is 24.7. The topological polar surface area (TPSA) is 52.6 Å². The van der Waals surface area contributed by atoms with Crippen molar-refractivity contribution < 1.29 is 18.4 Å². The summed E-state index contributed by atoms with van der Waals surface area (Å²) in [6.45, 7) is 0. The Balaban J connectivity index is 2.05. The Morgan fingerprint density at radius 1 is 1.14 bits per heavy atom. The molecule has 1 fully saturated rings. The Hall–Kier alpha value is -1.56. The van der Waals surface area contributed by atoms with Crippen molar-refractivity contribution in [3.8, 4) is 0 Å². The molecular weight excluding hydrogens is 284 g/mol. The smallest absolute Gasteiger partial charge is 0.360 e. The summed E-state index contributed by atoms with van der Waals surface area (Å²) in [5.74, 6) is -0.607. The van der Waals surface area contributed by atoms with Gasteiger partial charge in [-0.15, -0.1) is 0 Å². The number of hydrogen-bond acceptors (Lipinski definition) is 4. The molecule has 2 aliphatic carbocycles. The molecule has 0 radical (unpaired) electrons. The minimum atomic E-state index is -2.89. The quantitative estimate of drug-likeness (QED) is 0.633. The first-order chi connectivity index (χ1) is 10.1. The summed E-state index contributed by atoms with van der Waals surface area (Å²) < 4.78 is 11.6. The van der Waals surface area contributed by atoms with Gasteiger partial charge in [0.15, 0.2) is 5.78 Å². The Bertz CT molecular complexity index is 618. The zero-order valence-corrected chi connectivity index (χ0v) is 13.2. The third kappa shape index (κ3) is 2.04. The van der Waals surface area contributed by atoms with E-state index in [0.29, 0.717) is 12.8 Å². The molecule has 0 aliphatic heterocycles. The van der Waals surface area contributed by atoms with Crippen LogP contribution in [-0.4, -0.2) is 34.3 Å². The van der Waals surface area contributed by atoms with Gasteiger partial charge in [0.2, 0.25) is 5.78 Å². The van der Waals surface area contributed by atoms with Crippen molar-refractivity contribution in [2.45, 2.75) is 23.9 Å². The predicted molar refractivity (Wildman–Crippen MR) is 81.0 cm³/mol. The maximum atomic E-state index is 12.2. The van der Waals surface area contributed by atoms with Crippen molar-refractivity contribution in [1.29, 1.82) is 0 Å². The summed E-state index contributed by atoms with van der Waals surface area (Å²) in [6, 6.07) is 8.04. The summed E-state index contributed by atoms with van der Waals surface area (Å²) >= 11 is 0. The van der Waals surface area contributed by atoms with E-state index in [1.807, 2.05) is 30.3 Å². The molecule has 0 aromatic heterocycles. The lowest BCUT2D eigenvalue weighted by Gasteiger charge is -2.36. The lowest BCUT2D eigenvalue weighted by molar-refractivity contribution is -0.134. The average molecular weight is 302 g/mol. The van der Waals surface area contributed by atoms with Crippen molar-refractivity contribution >= 4 is 26.2 Å². The standard InChI is InChI=1S/C16H18O4Si/c1-19-21(20-2,15-10-8-13(17)16(15)18)14-9-7-11-5-3-4-6-12(11)14/h3-7,9,14-15H,8,10H2,1-2H3. The molecule has 1 aromatic rings. The van der Waals surface area contributed by atoms with Crippen LogP contribution < -0.4 is 0 Å². The predicted octanol–water partition coefficient (Wildman–Crippen LogP) is 2.37. The molecule has 0 saturated heterocycles. The van der Waals surface area contributed by atoms with Gasteiger partial charge in [0.1, 0.15) is 0 Å². The van der Waals surface area contributed by atoms with Gasteiger partial charge in [-0.3, -0.25) is 9.59 Å². The molecule has 1 saturated carbocycles. The number of carbonyl (C=O) groups is 2. The summed E-state index contributed by atoms with van der Waals surface area (Å²) in [4.78, 5) is 23.9. The second-order valence-corrected chi connectivity index (χ2v) is 9.05. The number of hydrogen-bond donors (Lipinski definition) is 0. The molecule has 0 N–H and O–H groups in total. The number of fused-ring (bicyclic) bond motifs is 1. The van der Waals surface area contributed by atoms with Gasteiger partial charge in [0.25, 0.3) is 0 Å². The maximum absolute atomic E-state index is 12.2. The highest BCUT2D eigenvalue weighted by molar-refractivity contribution is 6.78. The van der Waals surface area contributed by atoms with Crippen LogP contribution in [0.3, 0.4) is 0 Å². The fraction of sp³-hybridized carbons (Fsp3) is 0.375. The maximum Gasteiger partial charge on any atom is 0.360 e. The molecule has 0 amide bonds. The molecule has 2 unspecified atom stereocenters. The van der Waals surface area contributed by atoms with Crippen molar-refractivity contribution in [1.82, 2.24) is 0 Å². The highest BCUT2D eigenvalue weighted by Gasteiger charge is 2.58. The molecule has 1 aromatic carbocycles. The molecule has 0 spiro atoms. The molecule has 2 aliphatic rings. The van der Waals surface area contributed by atoms with Gasteiger partial charge in [-0.05, 0) is 17.5 Å². The summed E-state index contributed by atoms with van der Waals surface area (Å²) in [7, 11) is 0.305. The van der Waals surface area contributed by atoms with E-state index >= 15 is 0 Å². The minimum absolute atomic E-state index is 0.0523. The van der Waals surface area contributed by atoms with E-state index in [9.17, 15) is 9.59 Å². The van der Waals surface area contributed by atoms with E-state index in [-0.39, 0.29) is 17.1 Å². The van der Waals surface area contributed by atoms with Crippen LogP contribution in [0, 0.1) is 0 Å². The summed E-state index contributed by atoms with van der Waals surface area (Å²) in [5, 5.41) is 0. The number of carbonyl (C=O) groups excluding carboxylic acids is 2. The average Bonchev–Trinajstić information content (AvgIpc) is 3.08. The number of rotatable bonds is 4. The van der Waals surface area contributed by atoms with E-state index in [2.05, 4.69) is 6.08 Å². The largest absolute Gasteiger partial charge is 0.397 e. The van der Waals surface area contributed by atoms with Crippen LogP contribution in [0.4, 0.5) is 0 Å². The first-order valence-corrected chi connectivity index (χ1v) is 9.05. The van der Waals surface area contributed by atoms with E-state index in [4.69, 9.17) is 8.85 Å². The Morgan fingerprint density at radius 3 is 2.48 bits per heavy atom. The van der Waals surface area contributed by atoms with Crippen molar-refractivity contribution in [3.63, 3.8) is 0 Å². The first-order valence-electron chi connectivity index (χ1n) is 7.08. The highest BCUT2D eigenvalue weighted by atomic mass is 28.4. The van der Waals surface area contributed by atoms with Gasteiger partial charge in [-0.25, -0.2) is 0 Å². The van der Waals surface area contributed by atoms with E-state index < -0.39 is 14.1 Å². The zero-order valence-electron chi connectivity index (χ0n) is 12.2. The van der Waals surface area contributed by atoms with Gasteiger partial charge in [-0.2, -0.15) is 0 Å². The molecule has 0 heterocycles. The van der Waals surface area contributed by atoms with E-state index in [1.165, 1.54) is 0 Å². The molecular formula is C16H18O4Si. The van der Waals surface area contributed by atoms with Crippen LogP contribution in [0.15, 0.2) is 30.3 Å². The third-order valence-corrected chi connectivity index (χ3v) is 8.78. The SMILES string of the molecule is CO[Si](OC)(C1CCC(=O)C1=O)C1C=Cc2ccccc21. The molecule has 2 atom stereocenters. The summed E-state index contributed by atoms with van der Waals surface area (Å²) in [5.41, 5.74) is 1.79. The zero-order chi connectivity index (χ0) is 15.0. The Kier molecular flexibility index (Phi) is 3.65. The molecule has 110 valence electrons. The number of Topliss-reactive ketones (excluding diaryl/α,β-unsaturated/α-hetero) is 2. The number of allylic oxidation sites excluding steroid dienone is 1. The lowest BCUT2D eigenvalue weighted by Crippen LogP contribution is -2.52. The van der Waals surface area contributed by atoms with Crippen LogP contribution in [0.5, 0.6) is 0 Å². The highest BCUT2D eigenvalue weighted by Crippen LogP contribution is 2.46. The fourth-order valence-electron chi connectivity index (χ4n) is 3.55. The summed E-state index contributed by atoms with van der Waals surface area (Å²) in [6.07, 6.45) is 4.95. The monoisotopic (exact) mass is 302 g/mol. The Morgan fingerprint density at radius 2 is 1.86 bits per heavy atom. The van der Waals surface area contributed by atoms with Gasteiger partial charge < -0.3 is 8.85 Å². The molecule has 4 nitrogen and oxygen atoms in total. The van der Waals surface area contributed by atoms with Crippen molar-refractivity contribution in [2.24, 2.45) is 0 Å². The Labute approximate surface area is 125 Å². The second kappa shape index (κ2) is 5.33. The van der Waals surface area contributed by atoms with E-state index in [1.54, 1.807) is 14.2 Å². The molecule has 3 rings (SSSR count). The van der Waals surface area contributed by atoms with Gasteiger partial charge in [0, 0.05) is 26.2 Å². The molecule has 0 bridgehead atoms. The van der Waals surface area contributed by atoms with Crippen molar-refractivity contribution in [2.75, 3.05) is 14.2 Å². The third-order valence-electron chi connectivity index (χ3n) is 4.61. The lowest BCUT2D eigenvalue weighted by atomic mass is 10.1. The van der Waals surface area contributed by atoms with Crippen LogP contribution in [0.1, 0.15) is 29.5 Å². The van der Waals surface area contributed by atoms with Crippen LogP contribution >= 0.6 is 0 Å². The number of ketones is 2. The van der Waals surface area contributed by atoms with Crippen LogP contribution in [-0.2, 0) is 18.4 Å². The second-order valence-electron chi connectivity index (χ2n) is 5.47. The van der Waals surface area contributed by atoms with Gasteiger partial charge in [-0.1, -0.05) is 36.4 Å². The molecule has 21 heavy (non-hydrogen) atoms. The number of benzene rings is 1. The van der Waals surface area contributed by atoms with E-state index in [0.717, 1.165) is 11.1 Å². The fourth-order valence-corrected chi connectivity index (χ4v) is 7.36. The van der Waals surface area contributed by atoms with Gasteiger partial charge >= 0.3 is 8.56 Å². The minimum Gasteiger partial charge on any atom is -0.397 e. The first kappa shape index (κ1) is 14.4. The van der Waals surface area contributed by atoms with Crippen molar-refractivity contribution in [3.05, 3.63) is 41.5 Å².